The summed E-state index contributed by atoms with van der Waals surface area (Å²) in [4.78, 5) is 14.8. The second-order valence-electron chi connectivity index (χ2n) is 6.63. The van der Waals surface area contributed by atoms with Crippen molar-refractivity contribution in [3.63, 3.8) is 0 Å². The normalized spacial score (nSPS) is 35.6. The summed E-state index contributed by atoms with van der Waals surface area (Å²) in [6, 6.07) is 0.915. The first-order valence-electron chi connectivity index (χ1n) is 8.08. The van der Waals surface area contributed by atoms with Gasteiger partial charge in [-0.15, -0.1) is 0 Å². The van der Waals surface area contributed by atoms with Gasteiger partial charge < -0.3 is 4.74 Å². The number of esters is 1. The summed E-state index contributed by atoms with van der Waals surface area (Å²) in [5.74, 6) is 1.45. The molecule has 0 amide bonds. The Morgan fingerprint density at radius 1 is 1.29 bits per heavy atom. The SMILES string of the molecule is COC(=O)C1(NC2CC2)CCCC(N2CCS(=O)CC2)C1. The van der Waals surface area contributed by atoms with E-state index in [2.05, 4.69) is 10.2 Å². The van der Waals surface area contributed by atoms with Crippen molar-refractivity contribution in [3.05, 3.63) is 0 Å². The van der Waals surface area contributed by atoms with Crippen LogP contribution in [0.5, 0.6) is 0 Å². The number of ether oxygens (including phenoxy) is 1. The van der Waals surface area contributed by atoms with Gasteiger partial charge in [-0.25, -0.2) is 0 Å². The van der Waals surface area contributed by atoms with Gasteiger partial charge >= 0.3 is 5.97 Å². The van der Waals surface area contributed by atoms with Gasteiger partial charge in [0, 0.05) is 47.5 Å². The summed E-state index contributed by atoms with van der Waals surface area (Å²) < 4.78 is 16.6. The summed E-state index contributed by atoms with van der Waals surface area (Å²) in [7, 11) is 0.849. The average molecular weight is 314 g/mol. The number of carbonyl (C=O) groups is 1. The molecule has 0 bridgehead atoms. The molecular formula is C15H26N2O3S. The molecule has 1 aliphatic heterocycles. The minimum Gasteiger partial charge on any atom is -0.468 e. The maximum Gasteiger partial charge on any atom is 0.326 e. The average Bonchev–Trinajstić information content (AvgIpc) is 3.31. The van der Waals surface area contributed by atoms with E-state index in [1.807, 2.05) is 0 Å². The van der Waals surface area contributed by atoms with Crippen molar-refractivity contribution >= 4 is 16.8 Å². The van der Waals surface area contributed by atoms with Crippen molar-refractivity contribution in [1.82, 2.24) is 10.2 Å². The molecule has 3 fully saturated rings. The Hall–Kier alpha value is -0.460. The van der Waals surface area contributed by atoms with Crippen LogP contribution in [0.3, 0.4) is 0 Å². The number of nitrogens with one attached hydrogen (secondary N) is 1. The minimum absolute atomic E-state index is 0.0975. The quantitative estimate of drug-likeness (QED) is 0.773. The smallest absolute Gasteiger partial charge is 0.326 e. The van der Waals surface area contributed by atoms with Crippen LogP contribution in [0, 0.1) is 0 Å². The van der Waals surface area contributed by atoms with Gasteiger partial charge in [0.15, 0.2) is 0 Å². The van der Waals surface area contributed by atoms with Crippen LogP contribution in [0.15, 0.2) is 0 Å². The highest BCUT2D eigenvalue weighted by molar-refractivity contribution is 7.85. The fourth-order valence-electron chi connectivity index (χ4n) is 3.76. The Morgan fingerprint density at radius 2 is 2.00 bits per heavy atom. The zero-order valence-corrected chi connectivity index (χ0v) is 13.6. The van der Waals surface area contributed by atoms with Crippen LogP contribution in [0.25, 0.3) is 0 Å². The number of rotatable bonds is 4. The van der Waals surface area contributed by atoms with Crippen molar-refractivity contribution in [1.29, 1.82) is 0 Å². The first-order chi connectivity index (χ1) is 10.1. The molecule has 2 aliphatic carbocycles. The van der Waals surface area contributed by atoms with E-state index in [1.165, 1.54) is 20.0 Å². The maximum atomic E-state index is 12.4. The summed E-state index contributed by atoms with van der Waals surface area (Å²) in [6.07, 6.45) is 6.25. The maximum absolute atomic E-state index is 12.4. The molecule has 3 rings (SSSR count). The zero-order chi connectivity index (χ0) is 14.9. The number of hydrogen-bond acceptors (Lipinski definition) is 5. The number of hydrogen-bond donors (Lipinski definition) is 1. The molecule has 0 spiro atoms. The molecular weight excluding hydrogens is 288 g/mol. The predicted molar refractivity (Wildman–Crippen MR) is 82.6 cm³/mol. The Labute approximate surface area is 129 Å². The van der Waals surface area contributed by atoms with Gasteiger partial charge in [0.1, 0.15) is 5.54 Å². The van der Waals surface area contributed by atoms with E-state index >= 15 is 0 Å². The van der Waals surface area contributed by atoms with Crippen LogP contribution in [-0.4, -0.2) is 64.4 Å². The van der Waals surface area contributed by atoms with Crippen molar-refractivity contribution in [2.24, 2.45) is 0 Å². The third kappa shape index (κ3) is 3.48. The lowest BCUT2D eigenvalue weighted by Crippen LogP contribution is -2.60. The van der Waals surface area contributed by atoms with Crippen molar-refractivity contribution in [2.75, 3.05) is 31.7 Å². The fraction of sp³-hybridized carbons (Fsp3) is 0.933. The Morgan fingerprint density at radius 3 is 2.62 bits per heavy atom. The van der Waals surface area contributed by atoms with Crippen LogP contribution in [-0.2, 0) is 20.3 Å². The second kappa shape index (κ2) is 6.34. The third-order valence-electron chi connectivity index (χ3n) is 5.09. The molecule has 21 heavy (non-hydrogen) atoms. The van der Waals surface area contributed by atoms with Gasteiger partial charge in [-0.1, -0.05) is 0 Å². The van der Waals surface area contributed by atoms with Gasteiger partial charge in [0.2, 0.25) is 0 Å². The largest absolute Gasteiger partial charge is 0.468 e. The van der Waals surface area contributed by atoms with Gasteiger partial charge in [-0.3, -0.25) is 19.2 Å². The Bertz CT molecular complexity index is 417. The third-order valence-corrected chi connectivity index (χ3v) is 6.36. The summed E-state index contributed by atoms with van der Waals surface area (Å²) in [5.41, 5.74) is -0.491. The highest BCUT2D eigenvalue weighted by Gasteiger charge is 2.47. The van der Waals surface area contributed by atoms with E-state index in [0.717, 1.165) is 50.3 Å². The van der Waals surface area contributed by atoms with E-state index in [4.69, 9.17) is 4.74 Å². The zero-order valence-electron chi connectivity index (χ0n) is 12.8. The standard InChI is InChI=1S/C15H26N2O3S/c1-20-14(18)15(16-12-4-5-12)6-2-3-13(11-15)17-7-9-21(19)10-8-17/h12-13,16H,2-11H2,1H3. The van der Waals surface area contributed by atoms with Crippen LogP contribution in [0.4, 0.5) is 0 Å². The number of carbonyl (C=O) groups excluding carboxylic acids is 1. The molecule has 0 radical (unpaired) electrons. The second-order valence-corrected chi connectivity index (χ2v) is 8.32. The molecule has 1 heterocycles. The summed E-state index contributed by atoms with van der Waals surface area (Å²) in [5, 5.41) is 3.57. The van der Waals surface area contributed by atoms with Crippen molar-refractivity contribution in [2.45, 2.75) is 56.1 Å². The van der Waals surface area contributed by atoms with E-state index in [1.54, 1.807) is 0 Å². The van der Waals surface area contributed by atoms with Gasteiger partial charge in [0.25, 0.3) is 0 Å². The van der Waals surface area contributed by atoms with E-state index in [0.29, 0.717) is 12.1 Å². The molecule has 2 unspecified atom stereocenters. The lowest BCUT2D eigenvalue weighted by Gasteiger charge is -2.44. The van der Waals surface area contributed by atoms with Gasteiger partial charge in [-0.2, -0.15) is 0 Å². The fourth-order valence-corrected chi connectivity index (χ4v) is 4.84. The molecule has 6 heteroatoms. The molecule has 5 nitrogen and oxygen atoms in total. The molecule has 120 valence electrons. The van der Waals surface area contributed by atoms with Crippen LogP contribution in [0.2, 0.25) is 0 Å². The molecule has 3 aliphatic rings. The highest BCUT2D eigenvalue weighted by Crippen LogP contribution is 2.36. The molecule has 0 aromatic heterocycles. The van der Waals surface area contributed by atoms with Crippen LogP contribution < -0.4 is 5.32 Å². The lowest BCUT2D eigenvalue weighted by atomic mass is 9.78. The van der Waals surface area contributed by atoms with E-state index < -0.39 is 16.3 Å². The summed E-state index contributed by atoms with van der Waals surface area (Å²) in [6.45, 7) is 1.80. The molecule has 1 saturated heterocycles. The topological polar surface area (TPSA) is 58.6 Å². The Kier molecular flexibility index (Phi) is 4.66. The van der Waals surface area contributed by atoms with Crippen molar-refractivity contribution in [3.8, 4) is 0 Å². The first kappa shape index (κ1) is 15.4. The van der Waals surface area contributed by atoms with Crippen molar-refractivity contribution < 1.29 is 13.7 Å². The molecule has 2 atom stereocenters. The first-order valence-corrected chi connectivity index (χ1v) is 9.57. The van der Waals surface area contributed by atoms with E-state index in [-0.39, 0.29) is 5.97 Å². The van der Waals surface area contributed by atoms with Crippen LogP contribution in [0.1, 0.15) is 38.5 Å². The molecule has 0 aromatic rings. The Balaban J connectivity index is 1.69. The minimum atomic E-state index is -0.643. The monoisotopic (exact) mass is 314 g/mol. The van der Waals surface area contributed by atoms with Gasteiger partial charge in [0.05, 0.1) is 7.11 Å². The highest BCUT2D eigenvalue weighted by atomic mass is 32.2. The molecule has 2 saturated carbocycles. The molecule has 0 aromatic carbocycles. The predicted octanol–water partition coefficient (Wildman–Crippen LogP) is 0.657. The summed E-state index contributed by atoms with van der Waals surface area (Å²) >= 11 is 0. The lowest BCUT2D eigenvalue weighted by molar-refractivity contribution is -0.151. The molecule has 1 N–H and O–H groups in total. The number of methoxy groups -OCH3 is 1. The van der Waals surface area contributed by atoms with E-state index in [9.17, 15) is 9.00 Å². The van der Waals surface area contributed by atoms with Gasteiger partial charge in [-0.05, 0) is 38.5 Å². The van der Waals surface area contributed by atoms with Crippen LogP contribution >= 0.6 is 0 Å². The number of nitrogens with zero attached hydrogens (tertiary/aromatic N) is 1.